The molecular formula is C48H78N6O21. The van der Waals surface area contributed by atoms with E-state index in [4.69, 9.17) is 66.3 Å². The summed E-state index contributed by atoms with van der Waals surface area (Å²) in [6.07, 6.45) is -11.7. The van der Waals surface area contributed by atoms with Crippen LogP contribution in [0.1, 0.15) is 101 Å². The first-order valence-electron chi connectivity index (χ1n) is 25.2. The van der Waals surface area contributed by atoms with E-state index in [2.05, 4.69) is 31.9 Å². The van der Waals surface area contributed by atoms with Crippen LogP contribution in [0.4, 0.5) is 4.79 Å². The molecular weight excluding hydrogens is 997 g/mol. The van der Waals surface area contributed by atoms with Crippen molar-refractivity contribution in [3.05, 3.63) is 0 Å². The lowest BCUT2D eigenvalue weighted by Gasteiger charge is -2.29. The quantitative estimate of drug-likeness (QED) is 0.0657. The number of esters is 1. The molecule has 6 rings (SSSR count). The van der Waals surface area contributed by atoms with Crippen LogP contribution in [0.5, 0.6) is 0 Å². The van der Waals surface area contributed by atoms with E-state index in [-0.39, 0.29) is 58.2 Å². The molecule has 0 aromatic carbocycles. The van der Waals surface area contributed by atoms with Gasteiger partial charge in [-0.25, -0.2) is 4.79 Å². The van der Waals surface area contributed by atoms with Gasteiger partial charge in [-0.15, -0.1) is 0 Å². The van der Waals surface area contributed by atoms with Gasteiger partial charge < -0.3 is 98.2 Å². The maximum Gasteiger partial charge on any atom is 0.407 e. The van der Waals surface area contributed by atoms with Crippen LogP contribution in [-0.2, 0) is 95.1 Å². The fraction of sp³-hybridized carbons (Fsp3) is 0.854. The first kappa shape index (κ1) is 59.8. The molecule has 0 unspecified atom stereocenters. The summed E-state index contributed by atoms with van der Waals surface area (Å²) in [6.45, 7) is 15.1. The second-order valence-corrected chi connectivity index (χ2v) is 21.4. The zero-order chi connectivity index (χ0) is 55.2. The molecule has 6 fully saturated rings. The molecule has 75 heavy (non-hydrogen) atoms. The number of methoxy groups -OCH3 is 4. The van der Waals surface area contributed by atoms with Gasteiger partial charge in [0.2, 0.25) is 29.5 Å². The molecule has 6 amide bonds. The highest BCUT2D eigenvalue weighted by Gasteiger charge is 2.60. The summed E-state index contributed by atoms with van der Waals surface area (Å²) in [5.41, 5.74) is -0.744. The lowest BCUT2D eigenvalue weighted by atomic mass is 9.99. The van der Waals surface area contributed by atoms with E-state index < -0.39 is 156 Å². The third-order valence-corrected chi connectivity index (χ3v) is 12.9. The number of rotatable bonds is 24. The van der Waals surface area contributed by atoms with Gasteiger partial charge >= 0.3 is 12.1 Å². The number of hydrogen-bond donors (Lipinski definition) is 6. The Hall–Kier alpha value is -4.39. The van der Waals surface area contributed by atoms with Crippen molar-refractivity contribution in [2.45, 2.75) is 216 Å². The Bertz CT molecular complexity index is 2040. The van der Waals surface area contributed by atoms with Crippen molar-refractivity contribution in [3.63, 3.8) is 0 Å². The van der Waals surface area contributed by atoms with Gasteiger partial charge in [-0.1, -0.05) is 0 Å². The number of fused-ring (bicyclic) bond motifs is 3. The number of hydrogen-bond acceptors (Lipinski definition) is 21. The third kappa shape index (κ3) is 16.1. The lowest BCUT2D eigenvalue weighted by molar-refractivity contribution is -0.230. The summed E-state index contributed by atoms with van der Waals surface area (Å²) in [7, 11) is 5.52. The van der Waals surface area contributed by atoms with Crippen LogP contribution in [0.15, 0.2) is 0 Å². The van der Waals surface area contributed by atoms with Crippen molar-refractivity contribution >= 4 is 41.6 Å². The zero-order valence-electron chi connectivity index (χ0n) is 45.1. The Labute approximate surface area is 436 Å². The van der Waals surface area contributed by atoms with Crippen LogP contribution in [0.3, 0.4) is 0 Å². The van der Waals surface area contributed by atoms with Crippen molar-refractivity contribution in [3.8, 4) is 0 Å². The fourth-order valence-corrected chi connectivity index (χ4v) is 9.93. The Kier molecular flexibility index (Phi) is 19.9. The van der Waals surface area contributed by atoms with Crippen LogP contribution in [-0.4, -0.2) is 205 Å². The van der Waals surface area contributed by atoms with Crippen molar-refractivity contribution in [2.75, 3.05) is 48.1 Å². The molecule has 6 saturated heterocycles. The van der Waals surface area contributed by atoms with E-state index in [0.29, 0.717) is 0 Å². The van der Waals surface area contributed by atoms with Crippen molar-refractivity contribution in [1.82, 2.24) is 31.9 Å². The van der Waals surface area contributed by atoms with Gasteiger partial charge in [-0.05, 0) is 62.3 Å². The van der Waals surface area contributed by atoms with Gasteiger partial charge in [0.05, 0.1) is 31.7 Å². The smallest absolute Gasteiger partial charge is 0.407 e. The topological polar surface area (TPSA) is 321 Å². The maximum atomic E-state index is 13.7. The van der Waals surface area contributed by atoms with Gasteiger partial charge in [0, 0.05) is 73.1 Å². The first-order valence-corrected chi connectivity index (χ1v) is 25.2. The molecule has 6 aliphatic heterocycles. The highest BCUT2D eigenvalue weighted by molar-refractivity contribution is 5.83. The predicted molar refractivity (Wildman–Crippen MR) is 254 cm³/mol. The largest absolute Gasteiger partial charge is 0.469 e. The number of ether oxygens (including phenoxy) is 14. The molecule has 27 heteroatoms. The number of alkyl carbamates (subject to hydrolysis) is 1. The molecule has 6 aliphatic rings. The van der Waals surface area contributed by atoms with Crippen LogP contribution in [0, 0.1) is 0 Å². The number of carbonyl (C=O) groups excluding carboxylic acids is 7. The monoisotopic (exact) mass is 1070 g/mol. The molecule has 0 saturated carbocycles. The third-order valence-electron chi connectivity index (χ3n) is 12.9. The fourth-order valence-electron chi connectivity index (χ4n) is 9.93. The second kappa shape index (κ2) is 24.9. The van der Waals surface area contributed by atoms with E-state index in [1.54, 1.807) is 62.3 Å². The average Bonchev–Trinajstić information content (AvgIpc) is 4.12. The van der Waals surface area contributed by atoms with Crippen molar-refractivity contribution < 1.29 is 99.9 Å². The van der Waals surface area contributed by atoms with Gasteiger partial charge in [-0.3, -0.25) is 28.8 Å². The summed E-state index contributed by atoms with van der Waals surface area (Å²) >= 11 is 0. The highest BCUT2D eigenvalue weighted by atomic mass is 16.8. The number of amides is 6. The molecule has 6 heterocycles. The molecule has 6 N–H and O–H groups in total. The minimum absolute atomic E-state index is 0.0599. The SMILES string of the molecule is COC(=O)C[C@@H](NC(=O)CCNC(=O)C[C@@H](NC(=O)CCNC(=O)C[C@@H](NC(=O)CCNC(=O)OC(C)(C)C)[C@H]1O[C@H](OC)[C@H]2OC(C)(C)O[C@H]21)[C@H]1O[C@H](OC)[C@H]2OC(C)(C)O[C@H]21)[C@H]1O[C@H](OC)[C@H]2OC(C)(C)O[C@H]21. The Morgan fingerprint density at radius 3 is 1.07 bits per heavy atom. The maximum absolute atomic E-state index is 13.7. The molecule has 0 aromatic heterocycles. The molecule has 0 spiro atoms. The van der Waals surface area contributed by atoms with E-state index in [1.807, 2.05) is 0 Å². The summed E-state index contributed by atoms with van der Waals surface area (Å²) < 4.78 is 81.5. The van der Waals surface area contributed by atoms with Crippen LogP contribution < -0.4 is 31.9 Å². The van der Waals surface area contributed by atoms with Gasteiger partial charge in [0.25, 0.3) is 0 Å². The molecule has 0 bridgehead atoms. The zero-order valence-corrected chi connectivity index (χ0v) is 45.1. The first-order chi connectivity index (χ1) is 35.1. The lowest BCUT2D eigenvalue weighted by Crippen LogP contribution is -2.52. The van der Waals surface area contributed by atoms with Crippen LogP contribution in [0.2, 0.25) is 0 Å². The van der Waals surface area contributed by atoms with Gasteiger partial charge in [-0.2, -0.15) is 0 Å². The minimum Gasteiger partial charge on any atom is -0.469 e. The van der Waals surface area contributed by atoms with Crippen LogP contribution in [0.25, 0.3) is 0 Å². The standard InChI is InChI=1S/C48H78N6O21/c1-45(2,3)75-44(61)51-19-16-28(57)53-24(33-36-39(42(64-12)67-33)73-47(6,7)70-36)21-30(59)49-17-14-26(55)52-23(32-35-38(41(63-11)66-32)72-46(4,5)69-35)20-29(58)50-18-15-27(56)54-25(22-31(60)62-10)34-37-40(43(65-13)68-34)74-48(8,9)71-37/h23-25,32-43H,14-22H2,1-13H3,(H,49,59)(H,50,58)(H,51,61)(H,52,55)(H,53,57)(H,54,56)/t23-,24-,25-,32-,33-,34-,35+,36+,37+,38+,39+,40+,41+,42+,43+/m1/s1. The summed E-state index contributed by atoms with van der Waals surface area (Å²) in [4.78, 5) is 92.4. The van der Waals surface area contributed by atoms with Gasteiger partial charge in [0.15, 0.2) is 36.2 Å². The Morgan fingerprint density at radius 2 is 0.760 bits per heavy atom. The molecule has 0 aromatic rings. The predicted octanol–water partition coefficient (Wildman–Crippen LogP) is -0.614. The Morgan fingerprint density at radius 1 is 0.453 bits per heavy atom. The van der Waals surface area contributed by atoms with Crippen LogP contribution >= 0.6 is 0 Å². The minimum atomic E-state index is -1.05. The summed E-state index contributed by atoms with van der Waals surface area (Å²) in [6, 6.07) is -2.92. The molecule has 426 valence electrons. The van der Waals surface area contributed by atoms with Crippen molar-refractivity contribution in [2.24, 2.45) is 0 Å². The van der Waals surface area contributed by atoms with E-state index in [9.17, 15) is 33.6 Å². The molecule has 0 radical (unpaired) electrons. The Balaban J connectivity index is 1.06. The molecule has 27 nitrogen and oxygen atoms in total. The van der Waals surface area contributed by atoms with Crippen molar-refractivity contribution in [1.29, 1.82) is 0 Å². The number of nitrogens with one attached hydrogen (secondary N) is 6. The van der Waals surface area contributed by atoms with E-state index in [1.165, 1.54) is 28.4 Å². The van der Waals surface area contributed by atoms with E-state index in [0.717, 1.165) is 0 Å². The molecule has 0 aliphatic carbocycles. The average molecular weight is 1080 g/mol. The number of carbonyl (C=O) groups is 7. The molecule has 15 atom stereocenters. The summed E-state index contributed by atoms with van der Waals surface area (Å²) in [5.74, 6) is -6.36. The van der Waals surface area contributed by atoms with E-state index >= 15 is 0 Å². The normalized spacial score (nSPS) is 32.0. The highest BCUT2D eigenvalue weighted by Crippen LogP contribution is 2.43. The second-order valence-electron chi connectivity index (χ2n) is 21.4. The van der Waals surface area contributed by atoms with Gasteiger partial charge in [0.1, 0.15) is 60.5 Å². The summed E-state index contributed by atoms with van der Waals surface area (Å²) in [5, 5.41) is 16.5.